The molecule has 58 heavy (non-hydrogen) atoms. The largest absolute Gasteiger partial charge is 0.506 e. The van der Waals surface area contributed by atoms with Crippen molar-refractivity contribution in [3.63, 3.8) is 0 Å². The van der Waals surface area contributed by atoms with Gasteiger partial charge in [-0.2, -0.15) is 0 Å². The summed E-state index contributed by atoms with van der Waals surface area (Å²) in [7, 11) is 1.19. The number of hydrogen-bond acceptors (Lipinski definition) is 11. The van der Waals surface area contributed by atoms with Crippen molar-refractivity contribution in [2.24, 2.45) is 0 Å². The summed E-state index contributed by atoms with van der Waals surface area (Å²) in [5, 5.41) is 32.7. The number of carboxylic acids is 1. The van der Waals surface area contributed by atoms with Crippen molar-refractivity contribution in [3.05, 3.63) is 125 Å². The van der Waals surface area contributed by atoms with E-state index in [9.17, 15) is 39.3 Å². The Bertz CT molecular complexity index is 2490. The van der Waals surface area contributed by atoms with Crippen LogP contribution in [-0.2, 0) is 14.3 Å². The first-order chi connectivity index (χ1) is 27.1. The molecule has 0 saturated carbocycles. The number of aromatic carboxylic acids is 1. The average Bonchev–Trinajstić information content (AvgIpc) is 3.17. The Balaban J connectivity index is 1.51. The summed E-state index contributed by atoms with van der Waals surface area (Å²) in [6.45, 7) is 16.2. The Kier molecular flexibility index (Phi) is 11.9. The van der Waals surface area contributed by atoms with E-state index in [1.807, 2.05) is 30.3 Å². The van der Waals surface area contributed by atoms with Gasteiger partial charge in [0.15, 0.2) is 11.5 Å². The lowest BCUT2D eigenvalue weighted by Crippen LogP contribution is -2.47. The molecule has 1 aliphatic rings. The lowest BCUT2D eigenvalue weighted by Gasteiger charge is -2.30. The number of carbonyl (C=O) groups is 5. The van der Waals surface area contributed by atoms with Gasteiger partial charge in [-0.05, 0) is 152 Å². The van der Waals surface area contributed by atoms with Gasteiger partial charge >= 0.3 is 23.9 Å². The van der Waals surface area contributed by atoms with E-state index >= 15 is 0 Å². The second-order valence-electron chi connectivity index (χ2n) is 14.3. The number of halogens is 1. The second-order valence-corrected chi connectivity index (χ2v) is 15.1. The van der Waals surface area contributed by atoms with Gasteiger partial charge in [-0.3, -0.25) is 4.79 Å². The number of ether oxygens (including phenoxy) is 4. The van der Waals surface area contributed by atoms with Crippen molar-refractivity contribution in [1.29, 1.82) is 0 Å². The Morgan fingerprint density at radius 3 is 1.66 bits per heavy atom. The van der Waals surface area contributed by atoms with Crippen LogP contribution in [0.4, 0.5) is 0 Å². The molecule has 4 aromatic carbocycles. The molecule has 0 heterocycles. The first-order valence-electron chi connectivity index (χ1n) is 18.0. The predicted molar refractivity (Wildman–Crippen MR) is 218 cm³/mol. The molecule has 0 amide bonds. The smallest absolute Gasteiger partial charge is 0.356 e. The summed E-state index contributed by atoms with van der Waals surface area (Å²) >= 11 is 3.23. The third-order valence-electron chi connectivity index (χ3n) is 11.1. The number of ketones is 1. The number of phenolic OH excluding ortho intramolecular Hbond substituents is 1. The van der Waals surface area contributed by atoms with Gasteiger partial charge in [-0.1, -0.05) is 30.3 Å². The minimum atomic E-state index is -2.44. The predicted octanol–water partition coefficient (Wildman–Crippen LogP) is 8.43. The van der Waals surface area contributed by atoms with E-state index in [-0.39, 0.29) is 60.9 Å². The van der Waals surface area contributed by atoms with E-state index in [2.05, 4.69) is 15.9 Å². The van der Waals surface area contributed by atoms with Crippen molar-refractivity contribution in [2.45, 2.75) is 74.8 Å². The molecule has 1 atom stereocenters. The Morgan fingerprint density at radius 1 is 0.621 bits per heavy atom. The highest BCUT2D eigenvalue weighted by Crippen LogP contribution is 2.45. The van der Waals surface area contributed by atoms with Gasteiger partial charge in [0.1, 0.15) is 33.0 Å². The molecule has 0 fully saturated rings. The third kappa shape index (κ3) is 7.09. The molecule has 3 N–H and O–H groups in total. The number of aliphatic hydroxyl groups is 1. The quantitative estimate of drug-likeness (QED) is 0.108. The topological polar surface area (TPSA) is 183 Å². The zero-order valence-corrected chi connectivity index (χ0v) is 35.5. The molecule has 4 aromatic rings. The molecule has 13 heteroatoms. The summed E-state index contributed by atoms with van der Waals surface area (Å²) in [6, 6.07) is 9.07. The molecular formula is C45H43BrO12. The first-order valence-corrected chi connectivity index (χ1v) is 18.8. The van der Waals surface area contributed by atoms with Gasteiger partial charge in [0, 0.05) is 11.6 Å². The van der Waals surface area contributed by atoms with Gasteiger partial charge in [0.25, 0.3) is 0 Å². The number of allylic oxidation sites excluding steroid dienone is 2. The molecule has 0 spiro atoms. The molecule has 5 rings (SSSR count). The van der Waals surface area contributed by atoms with E-state index in [1.165, 1.54) is 27.9 Å². The maximum absolute atomic E-state index is 14.2. The fourth-order valence-electron chi connectivity index (χ4n) is 7.26. The van der Waals surface area contributed by atoms with Crippen LogP contribution in [0.2, 0.25) is 0 Å². The van der Waals surface area contributed by atoms with Crippen LogP contribution < -0.4 is 14.2 Å². The van der Waals surface area contributed by atoms with Crippen LogP contribution in [0.1, 0.15) is 88.1 Å². The maximum atomic E-state index is 14.2. The fourth-order valence-corrected chi connectivity index (χ4v) is 7.83. The third-order valence-corrected chi connectivity index (χ3v) is 11.8. The van der Waals surface area contributed by atoms with Crippen LogP contribution in [0.25, 0.3) is 11.1 Å². The summed E-state index contributed by atoms with van der Waals surface area (Å²) in [5.74, 6) is -5.22. The SMILES string of the molecule is COC1=CC(=O)C=C(C)[C@]1(O)C(=O)Oc1c(C)c(C)c(C(=O)Oc2c(C)c(C)c(C(=O)Oc3c(C)c(C)c(C(=O)O)c(C)c3-c3ccccc3)c(C)c2C)c(O)c1Br. The molecule has 0 aliphatic heterocycles. The zero-order valence-electron chi connectivity index (χ0n) is 33.9. The molecule has 0 unspecified atom stereocenters. The van der Waals surface area contributed by atoms with Crippen LogP contribution in [0.3, 0.4) is 0 Å². The van der Waals surface area contributed by atoms with Crippen molar-refractivity contribution >= 4 is 45.6 Å². The normalized spacial score (nSPS) is 15.0. The van der Waals surface area contributed by atoms with Crippen LogP contribution in [-0.4, -0.2) is 57.7 Å². The Morgan fingerprint density at radius 2 is 1.10 bits per heavy atom. The van der Waals surface area contributed by atoms with Crippen LogP contribution in [0.15, 0.2) is 58.3 Å². The van der Waals surface area contributed by atoms with Gasteiger partial charge in [0.05, 0.1) is 18.2 Å². The average molecular weight is 856 g/mol. The zero-order chi connectivity index (χ0) is 43.3. The van der Waals surface area contributed by atoms with Crippen LogP contribution in [0.5, 0.6) is 23.0 Å². The minimum absolute atomic E-state index is 0.0426. The van der Waals surface area contributed by atoms with Crippen molar-refractivity contribution in [1.82, 2.24) is 0 Å². The molecule has 0 radical (unpaired) electrons. The minimum Gasteiger partial charge on any atom is -0.506 e. The lowest BCUT2D eigenvalue weighted by atomic mass is 9.87. The number of carbonyl (C=O) groups excluding carboxylic acids is 4. The first kappa shape index (κ1) is 43.1. The van der Waals surface area contributed by atoms with Gasteiger partial charge in [-0.25, -0.2) is 19.2 Å². The fraction of sp³-hybridized carbons (Fsp3) is 0.267. The van der Waals surface area contributed by atoms with E-state index in [4.69, 9.17) is 18.9 Å². The molecule has 12 nitrogen and oxygen atoms in total. The highest BCUT2D eigenvalue weighted by Gasteiger charge is 2.48. The lowest BCUT2D eigenvalue weighted by molar-refractivity contribution is -0.151. The summed E-state index contributed by atoms with van der Waals surface area (Å²) in [6.07, 6.45) is 2.04. The monoisotopic (exact) mass is 854 g/mol. The van der Waals surface area contributed by atoms with E-state index in [0.717, 1.165) is 12.2 Å². The molecular weight excluding hydrogens is 812 g/mol. The van der Waals surface area contributed by atoms with Crippen LogP contribution >= 0.6 is 15.9 Å². The summed E-state index contributed by atoms with van der Waals surface area (Å²) < 4.78 is 22.7. The highest BCUT2D eigenvalue weighted by atomic mass is 79.9. The Hall–Kier alpha value is -6.05. The number of rotatable bonds is 9. The second kappa shape index (κ2) is 16.1. The number of benzene rings is 4. The van der Waals surface area contributed by atoms with E-state index in [1.54, 1.807) is 48.5 Å². The number of esters is 3. The number of phenols is 1. The summed E-state index contributed by atoms with van der Waals surface area (Å²) in [5.41, 5.74) is 2.44. The molecule has 302 valence electrons. The van der Waals surface area contributed by atoms with Crippen molar-refractivity contribution in [2.75, 3.05) is 7.11 Å². The van der Waals surface area contributed by atoms with Crippen molar-refractivity contribution in [3.8, 4) is 34.1 Å². The maximum Gasteiger partial charge on any atom is 0.356 e. The van der Waals surface area contributed by atoms with Crippen molar-refractivity contribution < 1.29 is 58.2 Å². The molecule has 0 bridgehead atoms. The number of carboxylic acid groups (broad SMARTS) is 1. The Labute approximate surface area is 343 Å². The number of methoxy groups -OCH3 is 1. The number of hydrogen-bond donors (Lipinski definition) is 3. The molecule has 1 aliphatic carbocycles. The summed E-state index contributed by atoms with van der Waals surface area (Å²) in [4.78, 5) is 65.9. The molecule has 0 aromatic heterocycles. The number of aromatic hydroxyl groups is 1. The van der Waals surface area contributed by atoms with Gasteiger partial charge in [0.2, 0.25) is 5.60 Å². The van der Waals surface area contributed by atoms with Crippen LogP contribution in [0, 0.1) is 62.3 Å². The van der Waals surface area contributed by atoms with Gasteiger partial charge < -0.3 is 34.3 Å². The standard InChI is InChI=1S/C45H43BrO12/c1-19-17-30(47)18-31(55-11)45(19,54)44(53)58-40-27(9)23(5)35(37(48)36(40)46)43(52)56-38-24(6)21(3)33(22(4)25(38)7)42(51)57-39-26(8)20(2)32(41(49)50)28(10)34(39)29-15-13-12-14-16-29/h12-18,48,54H,1-11H3,(H,49,50)/t45-/m1/s1. The van der Waals surface area contributed by atoms with Gasteiger partial charge in [-0.15, -0.1) is 0 Å². The molecule has 0 saturated heterocycles. The highest BCUT2D eigenvalue weighted by molar-refractivity contribution is 9.10. The van der Waals surface area contributed by atoms with E-state index < -0.39 is 41.0 Å². The van der Waals surface area contributed by atoms with E-state index in [0.29, 0.717) is 50.1 Å².